The Balaban J connectivity index is 3.20. The highest BCUT2D eigenvalue weighted by atomic mass is 19.3. The lowest BCUT2D eigenvalue weighted by Gasteiger charge is -2.15. The van der Waals surface area contributed by atoms with Crippen LogP contribution in [0.2, 0.25) is 0 Å². The third kappa shape index (κ3) is 2.90. The van der Waals surface area contributed by atoms with Crippen molar-refractivity contribution in [1.82, 2.24) is 0 Å². The predicted octanol–water partition coefficient (Wildman–Crippen LogP) is 2.01. The molecule has 82 valence electrons. The Morgan fingerprint density at radius 3 is 2.60 bits per heavy atom. The number of benzene rings is 1. The first kappa shape index (κ1) is 11.4. The van der Waals surface area contributed by atoms with Gasteiger partial charge >= 0.3 is 5.97 Å². The highest BCUT2D eigenvalue weighted by Crippen LogP contribution is 2.31. The van der Waals surface area contributed by atoms with Gasteiger partial charge in [0.15, 0.2) is 0 Å². The first-order chi connectivity index (χ1) is 6.80. The first-order valence-electron chi connectivity index (χ1n) is 4.29. The van der Waals surface area contributed by atoms with Gasteiger partial charge in [0.2, 0.25) is 0 Å². The molecule has 0 saturated heterocycles. The molecule has 5 heteroatoms. The van der Waals surface area contributed by atoms with Crippen LogP contribution in [0.15, 0.2) is 18.2 Å². The van der Waals surface area contributed by atoms with Crippen molar-refractivity contribution in [3.8, 4) is 0 Å². The van der Waals surface area contributed by atoms with Gasteiger partial charge in [0, 0.05) is 18.2 Å². The van der Waals surface area contributed by atoms with Gasteiger partial charge in [-0.15, -0.1) is 0 Å². The van der Waals surface area contributed by atoms with Crippen molar-refractivity contribution in [2.75, 3.05) is 5.73 Å². The van der Waals surface area contributed by atoms with Crippen LogP contribution in [0, 0.1) is 0 Å². The number of anilines is 1. The Morgan fingerprint density at radius 2 is 2.13 bits per heavy atom. The van der Waals surface area contributed by atoms with E-state index in [0.29, 0.717) is 6.92 Å². The molecule has 1 rings (SSSR count). The maximum atomic E-state index is 13.1. The molecule has 0 bridgehead atoms. The van der Waals surface area contributed by atoms with Crippen LogP contribution in [-0.2, 0) is 17.1 Å². The van der Waals surface area contributed by atoms with Crippen LogP contribution in [0.3, 0.4) is 0 Å². The molecule has 0 aliphatic carbocycles. The molecular weight excluding hydrogens is 204 g/mol. The second kappa shape index (κ2) is 3.84. The molecule has 3 nitrogen and oxygen atoms in total. The summed E-state index contributed by atoms with van der Waals surface area (Å²) in [6.07, 6.45) is -0.432. The molecule has 0 amide bonds. The van der Waals surface area contributed by atoms with Crippen LogP contribution in [0.5, 0.6) is 0 Å². The number of carboxylic acids is 1. The largest absolute Gasteiger partial charge is 0.481 e. The SMILES string of the molecule is CC(F)(F)c1cc(N)ccc1CC(=O)O. The number of hydrogen-bond acceptors (Lipinski definition) is 2. The number of alkyl halides is 2. The molecule has 0 aliphatic rings. The minimum Gasteiger partial charge on any atom is -0.481 e. The molecule has 3 N–H and O–H groups in total. The molecule has 0 heterocycles. The van der Waals surface area contributed by atoms with Gasteiger partial charge in [0.1, 0.15) is 0 Å². The third-order valence-electron chi connectivity index (χ3n) is 1.95. The molecule has 0 spiro atoms. The van der Waals surface area contributed by atoms with E-state index in [1.807, 2.05) is 0 Å². The molecule has 0 aromatic heterocycles. The Hall–Kier alpha value is -1.65. The fourth-order valence-corrected chi connectivity index (χ4v) is 1.32. The second-order valence-corrected chi connectivity index (χ2v) is 3.38. The summed E-state index contributed by atoms with van der Waals surface area (Å²) in [5.41, 5.74) is 5.33. The highest BCUT2D eigenvalue weighted by Gasteiger charge is 2.28. The van der Waals surface area contributed by atoms with Crippen LogP contribution in [0.25, 0.3) is 0 Å². The number of nitrogens with two attached hydrogens (primary N) is 1. The third-order valence-corrected chi connectivity index (χ3v) is 1.95. The van der Waals surface area contributed by atoms with Crippen molar-refractivity contribution < 1.29 is 18.7 Å². The Kier molecular flexibility index (Phi) is 2.93. The minimum atomic E-state index is -3.08. The summed E-state index contributed by atoms with van der Waals surface area (Å²) in [6.45, 7) is 0.715. The topological polar surface area (TPSA) is 63.3 Å². The van der Waals surface area contributed by atoms with Gasteiger partial charge in [-0.2, -0.15) is 0 Å². The average molecular weight is 215 g/mol. The van der Waals surface area contributed by atoms with E-state index in [9.17, 15) is 13.6 Å². The lowest BCUT2D eigenvalue weighted by Crippen LogP contribution is -2.14. The molecule has 0 aliphatic heterocycles. The molecule has 15 heavy (non-hydrogen) atoms. The number of nitrogen functional groups attached to an aromatic ring is 1. The maximum Gasteiger partial charge on any atom is 0.307 e. The van der Waals surface area contributed by atoms with E-state index >= 15 is 0 Å². The normalized spacial score (nSPS) is 11.4. The lowest BCUT2D eigenvalue weighted by atomic mass is 9.99. The van der Waals surface area contributed by atoms with E-state index in [0.717, 1.165) is 6.07 Å². The molecule has 1 aromatic rings. The quantitative estimate of drug-likeness (QED) is 0.758. The van der Waals surface area contributed by atoms with E-state index in [2.05, 4.69) is 0 Å². The van der Waals surface area contributed by atoms with Crippen molar-refractivity contribution in [2.45, 2.75) is 19.3 Å². The summed E-state index contributed by atoms with van der Waals surface area (Å²) in [7, 11) is 0. The second-order valence-electron chi connectivity index (χ2n) is 3.38. The zero-order valence-electron chi connectivity index (χ0n) is 8.13. The fraction of sp³-hybridized carbons (Fsp3) is 0.300. The number of rotatable bonds is 3. The molecule has 0 fully saturated rings. The number of halogens is 2. The summed E-state index contributed by atoms with van der Waals surface area (Å²) >= 11 is 0. The van der Waals surface area contributed by atoms with Gasteiger partial charge in [0.25, 0.3) is 5.92 Å². The summed E-state index contributed by atoms with van der Waals surface area (Å²) < 4.78 is 26.2. The minimum absolute atomic E-state index is 0.0872. The van der Waals surface area contributed by atoms with Crippen molar-refractivity contribution in [2.24, 2.45) is 0 Å². The molecule has 0 unspecified atom stereocenters. The average Bonchev–Trinajstić information content (AvgIpc) is 2.05. The van der Waals surface area contributed by atoms with E-state index in [1.54, 1.807) is 0 Å². The van der Waals surface area contributed by atoms with Crippen LogP contribution in [-0.4, -0.2) is 11.1 Å². The molecule has 0 atom stereocenters. The van der Waals surface area contributed by atoms with E-state index < -0.39 is 18.3 Å². The van der Waals surface area contributed by atoms with Gasteiger partial charge < -0.3 is 10.8 Å². The van der Waals surface area contributed by atoms with Gasteiger partial charge in [-0.1, -0.05) is 6.07 Å². The van der Waals surface area contributed by atoms with Crippen LogP contribution in [0.4, 0.5) is 14.5 Å². The Morgan fingerprint density at radius 1 is 1.53 bits per heavy atom. The fourth-order valence-electron chi connectivity index (χ4n) is 1.32. The highest BCUT2D eigenvalue weighted by molar-refractivity contribution is 5.71. The smallest absolute Gasteiger partial charge is 0.307 e. The zero-order valence-corrected chi connectivity index (χ0v) is 8.13. The van der Waals surface area contributed by atoms with Gasteiger partial charge in [-0.05, 0) is 17.7 Å². The summed E-state index contributed by atoms with van der Waals surface area (Å²) in [4.78, 5) is 10.5. The lowest BCUT2D eigenvalue weighted by molar-refractivity contribution is -0.136. The van der Waals surface area contributed by atoms with Crippen LogP contribution < -0.4 is 5.73 Å². The first-order valence-corrected chi connectivity index (χ1v) is 4.29. The molecular formula is C10H11F2NO2. The Bertz CT molecular complexity index is 385. The maximum absolute atomic E-state index is 13.1. The van der Waals surface area contributed by atoms with Crippen molar-refractivity contribution in [1.29, 1.82) is 0 Å². The number of carbonyl (C=O) groups is 1. The summed E-state index contributed by atoms with van der Waals surface area (Å²) in [5, 5.41) is 8.55. The number of aliphatic carboxylic acids is 1. The standard InChI is InChI=1S/C10H11F2NO2/c1-10(11,12)8-5-7(13)3-2-6(8)4-9(14)15/h2-3,5H,4,13H2,1H3,(H,14,15). The summed E-state index contributed by atoms with van der Waals surface area (Å²) in [5.74, 6) is -4.23. The Labute approximate surface area is 85.5 Å². The number of hydrogen-bond donors (Lipinski definition) is 2. The predicted molar refractivity (Wildman–Crippen MR) is 51.8 cm³/mol. The van der Waals surface area contributed by atoms with Crippen LogP contribution >= 0.6 is 0 Å². The molecule has 1 aromatic carbocycles. The van der Waals surface area contributed by atoms with Gasteiger partial charge in [-0.3, -0.25) is 4.79 Å². The van der Waals surface area contributed by atoms with E-state index in [4.69, 9.17) is 10.8 Å². The monoisotopic (exact) mass is 215 g/mol. The summed E-state index contributed by atoms with van der Waals surface area (Å²) in [6, 6.07) is 3.84. The molecule has 0 saturated carbocycles. The number of carboxylic acid groups (broad SMARTS) is 1. The van der Waals surface area contributed by atoms with E-state index in [-0.39, 0.29) is 16.8 Å². The van der Waals surface area contributed by atoms with Crippen molar-refractivity contribution >= 4 is 11.7 Å². The van der Waals surface area contributed by atoms with E-state index in [1.165, 1.54) is 12.1 Å². The van der Waals surface area contributed by atoms with Gasteiger partial charge in [0.05, 0.1) is 6.42 Å². The van der Waals surface area contributed by atoms with Crippen molar-refractivity contribution in [3.63, 3.8) is 0 Å². The van der Waals surface area contributed by atoms with Crippen LogP contribution in [0.1, 0.15) is 18.1 Å². The molecule has 0 radical (unpaired) electrons. The zero-order chi connectivity index (χ0) is 11.6. The van der Waals surface area contributed by atoms with Crippen molar-refractivity contribution in [3.05, 3.63) is 29.3 Å². The van der Waals surface area contributed by atoms with Gasteiger partial charge in [-0.25, -0.2) is 8.78 Å².